The molecule has 3 aromatic rings. The van der Waals surface area contributed by atoms with Gasteiger partial charge in [0, 0.05) is 37.2 Å². The van der Waals surface area contributed by atoms with Crippen LogP contribution in [0.3, 0.4) is 0 Å². The van der Waals surface area contributed by atoms with Gasteiger partial charge in [0.15, 0.2) is 5.78 Å². The molecule has 31 heavy (non-hydrogen) atoms. The number of ether oxygens (including phenoxy) is 1. The molecule has 1 unspecified atom stereocenters. The molecule has 0 spiro atoms. The maximum absolute atomic E-state index is 13.2. The number of amides is 1. The van der Waals surface area contributed by atoms with Gasteiger partial charge >= 0.3 is 0 Å². The van der Waals surface area contributed by atoms with Crippen LogP contribution in [0.1, 0.15) is 35.7 Å². The molecule has 5 nitrogen and oxygen atoms in total. The van der Waals surface area contributed by atoms with Crippen LogP contribution in [0.2, 0.25) is 0 Å². The minimum Gasteiger partial charge on any atom is -0.497 e. The number of ketones is 1. The third-order valence-electron chi connectivity index (χ3n) is 5.89. The Morgan fingerprint density at radius 2 is 1.77 bits per heavy atom. The summed E-state index contributed by atoms with van der Waals surface area (Å²) in [7, 11) is 1.66. The smallest absolute Gasteiger partial charge is 0.221 e. The molecule has 1 atom stereocenters. The van der Waals surface area contributed by atoms with Crippen LogP contribution in [0.15, 0.2) is 60.7 Å². The molecule has 5 heteroatoms. The van der Waals surface area contributed by atoms with Gasteiger partial charge in [0.1, 0.15) is 5.75 Å². The lowest BCUT2D eigenvalue weighted by Crippen LogP contribution is -2.38. The van der Waals surface area contributed by atoms with E-state index in [1.54, 1.807) is 7.11 Å². The average molecular weight is 417 g/mol. The maximum Gasteiger partial charge on any atom is 0.221 e. The van der Waals surface area contributed by atoms with Crippen molar-refractivity contribution in [2.75, 3.05) is 25.5 Å². The average Bonchev–Trinajstić information content (AvgIpc) is 2.79. The van der Waals surface area contributed by atoms with Crippen LogP contribution in [-0.2, 0) is 11.3 Å². The first kappa shape index (κ1) is 21.1. The van der Waals surface area contributed by atoms with Crippen molar-refractivity contribution in [1.82, 2.24) is 4.90 Å². The number of likely N-dealkylation sites (tertiary alicyclic amines) is 1. The van der Waals surface area contributed by atoms with Gasteiger partial charge in [-0.1, -0.05) is 30.3 Å². The number of Topliss-reactive ketones (excluding diaryl/α,β-unsaturated/α-hetero) is 1. The topological polar surface area (TPSA) is 58.6 Å². The van der Waals surface area contributed by atoms with Crippen LogP contribution < -0.4 is 10.1 Å². The van der Waals surface area contributed by atoms with E-state index in [9.17, 15) is 9.59 Å². The molecule has 0 aromatic heterocycles. The second-order valence-corrected chi connectivity index (χ2v) is 8.24. The number of fused-ring (bicyclic) bond motifs is 1. The van der Waals surface area contributed by atoms with Gasteiger partial charge in [-0.3, -0.25) is 14.5 Å². The summed E-state index contributed by atoms with van der Waals surface area (Å²) in [5.74, 6) is 0.990. The van der Waals surface area contributed by atoms with E-state index in [0.717, 1.165) is 60.2 Å². The molecule has 160 valence electrons. The first-order chi connectivity index (χ1) is 15.0. The fraction of sp³-hybridized carbons (Fsp3) is 0.308. The molecule has 0 bridgehead atoms. The number of nitrogens with one attached hydrogen (secondary N) is 1. The molecule has 0 aliphatic carbocycles. The van der Waals surface area contributed by atoms with Crippen molar-refractivity contribution in [2.24, 2.45) is 5.92 Å². The summed E-state index contributed by atoms with van der Waals surface area (Å²) in [4.78, 5) is 26.7. The van der Waals surface area contributed by atoms with Gasteiger partial charge in [-0.25, -0.2) is 0 Å². The lowest BCUT2D eigenvalue weighted by molar-refractivity contribution is -0.114. The van der Waals surface area contributed by atoms with Gasteiger partial charge in [-0.05, 0) is 66.1 Å². The molecule has 1 aliphatic rings. The number of hydrogen-bond acceptors (Lipinski definition) is 4. The SMILES string of the molecule is COc1ccc2cc(C(=O)C3CCCN(Cc4ccc(NC(C)=O)cc4)C3)ccc2c1. The van der Waals surface area contributed by atoms with Crippen molar-refractivity contribution in [3.63, 3.8) is 0 Å². The molecule has 3 aromatic carbocycles. The number of piperidine rings is 1. The summed E-state index contributed by atoms with van der Waals surface area (Å²) < 4.78 is 5.29. The molecule has 1 heterocycles. The quantitative estimate of drug-likeness (QED) is 0.581. The Bertz CT molecular complexity index is 1090. The van der Waals surface area contributed by atoms with E-state index >= 15 is 0 Å². The monoisotopic (exact) mass is 416 g/mol. The van der Waals surface area contributed by atoms with Crippen molar-refractivity contribution in [2.45, 2.75) is 26.3 Å². The number of carbonyl (C=O) groups excluding carboxylic acids is 2. The Morgan fingerprint density at radius 3 is 2.52 bits per heavy atom. The van der Waals surface area contributed by atoms with E-state index in [4.69, 9.17) is 4.74 Å². The van der Waals surface area contributed by atoms with E-state index < -0.39 is 0 Å². The Kier molecular flexibility index (Phi) is 6.33. The van der Waals surface area contributed by atoms with Gasteiger partial charge in [0.25, 0.3) is 0 Å². The van der Waals surface area contributed by atoms with Crippen molar-refractivity contribution < 1.29 is 14.3 Å². The number of rotatable bonds is 6. The molecular weight excluding hydrogens is 388 g/mol. The Hall–Kier alpha value is -3.18. The molecular formula is C26H28N2O3. The predicted molar refractivity (Wildman–Crippen MR) is 124 cm³/mol. The van der Waals surface area contributed by atoms with Gasteiger partial charge in [-0.2, -0.15) is 0 Å². The molecule has 1 amide bonds. The first-order valence-electron chi connectivity index (χ1n) is 10.7. The summed E-state index contributed by atoms with van der Waals surface area (Å²) in [5, 5.41) is 4.92. The molecule has 1 aliphatic heterocycles. The largest absolute Gasteiger partial charge is 0.497 e. The third kappa shape index (κ3) is 5.12. The highest BCUT2D eigenvalue weighted by molar-refractivity contribution is 6.01. The maximum atomic E-state index is 13.2. The predicted octanol–water partition coefficient (Wildman–Crippen LogP) is 4.90. The fourth-order valence-electron chi connectivity index (χ4n) is 4.31. The van der Waals surface area contributed by atoms with Crippen molar-refractivity contribution >= 4 is 28.2 Å². The number of nitrogens with zero attached hydrogens (tertiary/aromatic N) is 1. The Balaban J connectivity index is 1.42. The zero-order chi connectivity index (χ0) is 21.8. The molecule has 0 saturated carbocycles. The number of carbonyl (C=O) groups is 2. The van der Waals surface area contributed by atoms with Gasteiger partial charge in [-0.15, -0.1) is 0 Å². The van der Waals surface area contributed by atoms with Crippen LogP contribution in [0, 0.1) is 5.92 Å². The second kappa shape index (κ2) is 9.31. The van der Waals surface area contributed by atoms with E-state index in [1.807, 2.05) is 60.7 Å². The van der Waals surface area contributed by atoms with Gasteiger partial charge in [0.2, 0.25) is 5.91 Å². The van der Waals surface area contributed by atoms with Crippen LogP contribution >= 0.6 is 0 Å². The van der Waals surface area contributed by atoms with Crippen LogP contribution in [0.4, 0.5) is 5.69 Å². The Morgan fingerprint density at radius 1 is 1.03 bits per heavy atom. The van der Waals surface area contributed by atoms with E-state index in [-0.39, 0.29) is 17.6 Å². The number of benzene rings is 3. The van der Waals surface area contributed by atoms with Crippen LogP contribution in [-0.4, -0.2) is 36.8 Å². The van der Waals surface area contributed by atoms with Crippen LogP contribution in [0.5, 0.6) is 5.75 Å². The van der Waals surface area contributed by atoms with Crippen molar-refractivity contribution in [3.8, 4) is 5.75 Å². The van der Waals surface area contributed by atoms with Gasteiger partial charge in [0.05, 0.1) is 7.11 Å². The van der Waals surface area contributed by atoms with E-state index in [0.29, 0.717) is 0 Å². The highest BCUT2D eigenvalue weighted by Crippen LogP contribution is 2.26. The first-order valence-corrected chi connectivity index (χ1v) is 10.7. The molecule has 0 radical (unpaired) electrons. The molecule has 1 N–H and O–H groups in total. The second-order valence-electron chi connectivity index (χ2n) is 8.24. The van der Waals surface area contributed by atoms with E-state index in [1.165, 1.54) is 12.5 Å². The highest BCUT2D eigenvalue weighted by Gasteiger charge is 2.26. The molecule has 1 saturated heterocycles. The van der Waals surface area contributed by atoms with Gasteiger partial charge < -0.3 is 10.1 Å². The molecule has 1 fully saturated rings. The summed E-state index contributed by atoms with van der Waals surface area (Å²) in [6.07, 6.45) is 1.95. The number of methoxy groups -OCH3 is 1. The van der Waals surface area contributed by atoms with E-state index in [2.05, 4.69) is 10.2 Å². The lowest BCUT2D eigenvalue weighted by atomic mass is 9.89. The lowest BCUT2D eigenvalue weighted by Gasteiger charge is -2.32. The highest BCUT2D eigenvalue weighted by atomic mass is 16.5. The summed E-state index contributed by atoms with van der Waals surface area (Å²) >= 11 is 0. The minimum absolute atomic E-state index is 0.0168. The number of hydrogen-bond donors (Lipinski definition) is 1. The standard InChI is InChI=1S/C26H28N2O3/c1-18(29)27-24-10-5-19(6-11-24)16-28-13-3-4-23(17-28)26(30)22-8-7-21-15-25(31-2)12-9-20(21)14-22/h5-12,14-15,23H,3-4,13,16-17H2,1-2H3,(H,27,29). The summed E-state index contributed by atoms with van der Waals surface area (Å²) in [5.41, 5.74) is 2.77. The minimum atomic E-state index is -0.0713. The summed E-state index contributed by atoms with van der Waals surface area (Å²) in [6.45, 7) is 4.08. The third-order valence-corrected chi connectivity index (χ3v) is 5.89. The van der Waals surface area contributed by atoms with Crippen molar-refractivity contribution in [1.29, 1.82) is 0 Å². The summed E-state index contributed by atoms with van der Waals surface area (Å²) in [6, 6.07) is 19.8. The number of anilines is 1. The Labute approximate surface area is 183 Å². The molecule has 4 rings (SSSR count). The fourth-order valence-corrected chi connectivity index (χ4v) is 4.31. The van der Waals surface area contributed by atoms with Crippen molar-refractivity contribution in [3.05, 3.63) is 71.8 Å². The van der Waals surface area contributed by atoms with Crippen LogP contribution in [0.25, 0.3) is 10.8 Å². The normalized spacial score (nSPS) is 16.8. The zero-order valence-corrected chi connectivity index (χ0v) is 18.1. The zero-order valence-electron chi connectivity index (χ0n) is 18.1.